The average Bonchev–Trinajstić information content (AvgIpc) is 3.01. The second kappa shape index (κ2) is 5.34. The number of aromatic nitrogens is 2. The van der Waals surface area contributed by atoms with Crippen molar-refractivity contribution < 1.29 is 19.4 Å². The van der Waals surface area contributed by atoms with Crippen LogP contribution in [0.1, 0.15) is 10.6 Å². The van der Waals surface area contributed by atoms with E-state index in [9.17, 15) is 9.59 Å². The van der Waals surface area contributed by atoms with Crippen LogP contribution in [0.5, 0.6) is 5.75 Å². The molecular weight excluding hydrogens is 330 g/mol. The summed E-state index contributed by atoms with van der Waals surface area (Å²) in [4.78, 5) is 28.6. The van der Waals surface area contributed by atoms with Crippen molar-refractivity contribution in [2.24, 2.45) is 0 Å². The first-order valence-electron chi connectivity index (χ1n) is 7.27. The minimum atomic E-state index is -0.910. The maximum absolute atomic E-state index is 11.5. The van der Waals surface area contributed by atoms with Gasteiger partial charge in [0.05, 0.1) is 23.5 Å². The molecule has 0 aliphatic carbocycles. The van der Waals surface area contributed by atoms with E-state index >= 15 is 0 Å². The van der Waals surface area contributed by atoms with Gasteiger partial charge < -0.3 is 15.2 Å². The van der Waals surface area contributed by atoms with Crippen LogP contribution in [0.3, 0.4) is 0 Å². The van der Waals surface area contributed by atoms with Gasteiger partial charge in [-0.3, -0.25) is 14.0 Å². The molecule has 0 bridgehead atoms. The normalized spacial score (nSPS) is 13.5. The first-order valence-corrected chi connectivity index (χ1v) is 8.09. The van der Waals surface area contributed by atoms with E-state index in [1.807, 2.05) is 29.5 Å². The molecular formula is C16H13N3O4S. The summed E-state index contributed by atoms with van der Waals surface area (Å²) >= 11 is 1.50. The molecule has 1 aromatic carbocycles. The number of ether oxygens (including phenoxy) is 1. The number of anilines is 1. The monoisotopic (exact) mass is 343 g/mol. The van der Waals surface area contributed by atoms with E-state index in [1.54, 1.807) is 6.20 Å². The number of carbonyl (C=O) groups is 2. The van der Waals surface area contributed by atoms with Crippen molar-refractivity contribution in [1.29, 1.82) is 0 Å². The molecule has 1 amide bonds. The van der Waals surface area contributed by atoms with Crippen molar-refractivity contribution in [2.75, 3.05) is 11.9 Å². The van der Waals surface area contributed by atoms with Crippen LogP contribution in [0.25, 0.3) is 16.2 Å². The maximum Gasteiger partial charge on any atom is 0.309 e. The van der Waals surface area contributed by atoms with Gasteiger partial charge in [-0.1, -0.05) is 0 Å². The highest BCUT2D eigenvalue weighted by molar-refractivity contribution is 7.17. The minimum Gasteiger partial charge on any atom is -0.482 e. The Morgan fingerprint density at radius 1 is 1.50 bits per heavy atom. The molecule has 0 saturated carbocycles. The zero-order chi connectivity index (χ0) is 16.8. The summed E-state index contributed by atoms with van der Waals surface area (Å²) in [7, 11) is 0. The van der Waals surface area contributed by atoms with E-state index in [0.717, 1.165) is 21.1 Å². The van der Waals surface area contributed by atoms with Crippen molar-refractivity contribution in [1.82, 2.24) is 9.38 Å². The lowest BCUT2D eigenvalue weighted by Crippen LogP contribution is -2.25. The number of hydrogen-bond donors (Lipinski definition) is 2. The first kappa shape index (κ1) is 14.7. The summed E-state index contributed by atoms with van der Waals surface area (Å²) in [5.41, 5.74) is 2.99. The Balaban J connectivity index is 1.82. The molecule has 1 aliphatic rings. The predicted octanol–water partition coefficient (Wildman–Crippen LogP) is 2.33. The summed E-state index contributed by atoms with van der Waals surface area (Å²) in [6.45, 7) is 2.01. The van der Waals surface area contributed by atoms with Gasteiger partial charge in [0, 0.05) is 16.6 Å². The smallest absolute Gasteiger partial charge is 0.309 e. The fourth-order valence-corrected chi connectivity index (χ4v) is 3.80. The van der Waals surface area contributed by atoms with Crippen molar-refractivity contribution in [3.05, 3.63) is 35.0 Å². The Labute approximate surface area is 140 Å². The molecule has 4 rings (SSSR count). The van der Waals surface area contributed by atoms with Crippen LogP contribution in [-0.4, -0.2) is 33.0 Å². The topological polar surface area (TPSA) is 92.9 Å². The molecule has 0 unspecified atom stereocenters. The number of nitrogens with zero attached hydrogens (tertiary/aromatic N) is 2. The fourth-order valence-electron chi connectivity index (χ4n) is 2.81. The zero-order valence-electron chi connectivity index (χ0n) is 12.7. The van der Waals surface area contributed by atoms with Crippen LogP contribution in [0, 0.1) is 6.92 Å². The maximum atomic E-state index is 11.5. The molecule has 0 radical (unpaired) electrons. The predicted molar refractivity (Wildman–Crippen MR) is 88.7 cm³/mol. The third kappa shape index (κ3) is 2.41. The van der Waals surface area contributed by atoms with Crippen LogP contribution < -0.4 is 10.1 Å². The van der Waals surface area contributed by atoms with Gasteiger partial charge in [-0.2, -0.15) is 0 Å². The third-order valence-electron chi connectivity index (χ3n) is 3.76. The zero-order valence-corrected chi connectivity index (χ0v) is 13.5. The number of thiazole rings is 1. The number of carboxylic acids is 1. The van der Waals surface area contributed by atoms with Gasteiger partial charge in [0.1, 0.15) is 5.75 Å². The lowest BCUT2D eigenvalue weighted by Gasteiger charge is -2.18. The summed E-state index contributed by atoms with van der Waals surface area (Å²) in [6.07, 6.45) is 1.64. The van der Waals surface area contributed by atoms with Gasteiger partial charge in [-0.05, 0) is 25.1 Å². The number of carbonyl (C=O) groups excluding carboxylic acids is 1. The van der Waals surface area contributed by atoms with Gasteiger partial charge >= 0.3 is 5.97 Å². The molecule has 8 heteroatoms. The van der Waals surface area contributed by atoms with E-state index in [0.29, 0.717) is 17.1 Å². The van der Waals surface area contributed by atoms with Crippen molar-refractivity contribution in [2.45, 2.75) is 13.3 Å². The number of benzene rings is 1. The second-order valence-corrected chi connectivity index (χ2v) is 6.69. The number of fused-ring (bicyclic) bond motifs is 2. The summed E-state index contributed by atoms with van der Waals surface area (Å²) in [6, 6.07) is 5.60. The quantitative estimate of drug-likeness (QED) is 0.761. The average molecular weight is 343 g/mol. The molecule has 24 heavy (non-hydrogen) atoms. The standard InChI is InChI=1S/C16H13N3O4S/c1-8-15(19-6-10(5-14(21)22)17-16(19)24-8)9-2-3-12-11(4-9)18-13(20)7-23-12/h2-4,6H,5,7H2,1H3,(H,18,20)(H,21,22). The van der Waals surface area contributed by atoms with Crippen LogP contribution in [0.4, 0.5) is 5.69 Å². The summed E-state index contributed by atoms with van der Waals surface area (Å²) < 4.78 is 7.27. The Bertz CT molecular complexity index is 989. The van der Waals surface area contributed by atoms with Crippen LogP contribution in [-0.2, 0) is 16.0 Å². The SMILES string of the molecule is Cc1sc2nc(CC(=O)O)cn2c1-c1ccc2c(c1)NC(=O)CO2. The minimum absolute atomic E-state index is 0.0220. The number of amides is 1. The molecule has 3 heterocycles. The van der Waals surface area contributed by atoms with Crippen molar-refractivity contribution in [3.8, 4) is 17.0 Å². The highest BCUT2D eigenvalue weighted by Gasteiger charge is 2.19. The molecule has 122 valence electrons. The van der Waals surface area contributed by atoms with Gasteiger partial charge in [0.15, 0.2) is 11.6 Å². The lowest BCUT2D eigenvalue weighted by atomic mass is 10.1. The Hall–Kier alpha value is -2.87. The molecule has 2 aromatic heterocycles. The van der Waals surface area contributed by atoms with Crippen LogP contribution >= 0.6 is 11.3 Å². The van der Waals surface area contributed by atoms with Crippen LogP contribution in [0.2, 0.25) is 0 Å². The van der Waals surface area contributed by atoms with E-state index in [2.05, 4.69) is 10.3 Å². The number of imidazole rings is 1. The van der Waals surface area contributed by atoms with Crippen LogP contribution in [0.15, 0.2) is 24.4 Å². The van der Waals surface area contributed by atoms with Gasteiger partial charge in [-0.25, -0.2) is 4.98 Å². The number of carboxylic acid groups (broad SMARTS) is 1. The second-order valence-electron chi connectivity index (χ2n) is 5.51. The largest absolute Gasteiger partial charge is 0.482 e. The Morgan fingerprint density at radius 2 is 2.33 bits per heavy atom. The van der Waals surface area contributed by atoms with Crippen molar-refractivity contribution in [3.63, 3.8) is 0 Å². The molecule has 0 atom stereocenters. The number of hydrogen-bond acceptors (Lipinski definition) is 5. The van der Waals surface area contributed by atoms with Gasteiger partial charge in [0.2, 0.25) is 0 Å². The van der Waals surface area contributed by atoms with E-state index in [1.165, 1.54) is 11.3 Å². The Morgan fingerprint density at radius 3 is 3.12 bits per heavy atom. The molecule has 7 nitrogen and oxygen atoms in total. The molecule has 0 spiro atoms. The Kier molecular flexibility index (Phi) is 3.27. The number of rotatable bonds is 3. The fraction of sp³-hybridized carbons (Fsp3) is 0.188. The molecule has 0 fully saturated rings. The van der Waals surface area contributed by atoms with E-state index in [4.69, 9.17) is 9.84 Å². The van der Waals surface area contributed by atoms with Crippen molar-refractivity contribution >= 4 is 33.9 Å². The number of nitrogens with one attached hydrogen (secondary N) is 1. The molecule has 1 aliphatic heterocycles. The summed E-state index contributed by atoms with van der Waals surface area (Å²) in [5, 5.41) is 11.7. The van der Waals surface area contributed by atoms with E-state index in [-0.39, 0.29) is 18.9 Å². The first-order chi connectivity index (χ1) is 11.5. The number of aliphatic carboxylic acids is 1. The highest BCUT2D eigenvalue weighted by Crippen LogP contribution is 2.36. The van der Waals surface area contributed by atoms with Gasteiger partial charge in [-0.15, -0.1) is 11.3 Å². The van der Waals surface area contributed by atoms with Gasteiger partial charge in [0.25, 0.3) is 5.91 Å². The molecule has 2 N–H and O–H groups in total. The number of aryl methyl sites for hydroxylation is 1. The third-order valence-corrected chi connectivity index (χ3v) is 4.73. The summed E-state index contributed by atoms with van der Waals surface area (Å²) in [5.74, 6) is -0.453. The van der Waals surface area contributed by atoms with E-state index < -0.39 is 5.97 Å². The highest BCUT2D eigenvalue weighted by atomic mass is 32.1. The molecule has 0 saturated heterocycles. The lowest BCUT2D eigenvalue weighted by molar-refractivity contribution is -0.136. The molecule has 3 aromatic rings.